The Hall–Kier alpha value is -0.720. The van der Waals surface area contributed by atoms with Crippen LogP contribution in [-0.4, -0.2) is 38.1 Å². The molecule has 0 aromatic heterocycles. The predicted molar refractivity (Wildman–Crippen MR) is 170 cm³/mol. The van der Waals surface area contributed by atoms with Gasteiger partial charge in [0, 0.05) is 10.5 Å². The van der Waals surface area contributed by atoms with Crippen LogP contribution < -0.4 is 9.47 Å². The first-order chi connectivity index (χ1) is 18.5. The minimum absolute atomic E-state index is 0.0125. The van der Waals surface area contributed by atoms with Gasteiger partial charge in [0.05, 0.1) is 17.6 Å². The number of carbonyl (C=O) groups excluding carboxylic acids is 2. The van der Waals surface area contributed by atoms with E-state index in [4.69, 9.17) is 14.2 Å². The molecule has 0 aliphatic heterocycles. The third-order valence-corrected chi connectivity index (χ3v) is 10.8. The summed E-state index contributed by atoms with van der Waals surface area (Å²) in [5.41, 5.74) is 1.70. The van der Waals surface area contributed by atoms with Gasteiger partial charge < -0.3 is 14.2 Å². The second-order valence-electron chi connectivity index (χ2n) is 9.80. The van der Waals surface area contributed by atoms with Crippen molar-refractivity contribution in [3.63, 3.8) is 0 Å². The van der Waals surface area contributed by atoms with Crippen molar-refractivity contribution in [2.45, 2.75) is 75.0 Å². The Bertz CT molecular complexity index is 1360. The smallest absolute Gasteiger partial charge is 0.340 e. The molecule has 2 aliphatic carbocycles. The van der Waals surface area contributed by atoms with Gasteiger partial charge in [-0.3, -0.25) is 9.35 Å². The number of esters is 2. The van der Waals surface area contributed by atoms with Gasteiger partial charge in [0.25, 0.3) is 10.1 Å². The number of benzene rings is 2. The van der Waals surface area contributed by atoms with Crippen LogP contribution in [0.3, 0.4) is 0 Å². The first-order valence-electron chi connectivity index (χ1n) is 12.8. The standard InChI is InChI=1S/C27H29I3O8S/c1-15(31)38-26-21(29)14-20(28)24(25(26)30)27(32)37-11-10-36-22-12-19(17-8-4-5-9-17)23(39(33,34)35)13-18(22)16-6-2-3-7-16/h12-14,16-17H,2-11H2,1H3,(H,33,34,35). The van der Waals surface area contributed by atoms with Crippen molar-refractivity contribution in [3.05, 3.63) is 45.6 Å². The molecule has 0 bridgehead atoms. The van der Waals surface area contributed by atoms with Crippen molar-refractivity contribution in [2.75, 3.05) is 13.2 Å². The molecule has 2 saturated carbocycles. The van der Waals surface area contributed by atoms with Crippen LogP contribution in [0.2, 0.25) is 0 Å². The molecule has 39 heavy (non-hydrogen) atoms. The van der Waals surface area contributed by atoms with Crippen LogP contribution in [-0.2, 0) is 19.6 Å². The van der Waals surface area contributed by atoms with Gasteiger partial charge in [0.2, 0.25) is 0 Å². The minimum atomic E-state index is -4.39. The van der Waals surface area contributed by atoms with Gasteiger partial charge in [0.15, 0.2) is 5.75 Å². The van der Waals surface area contributed by atoms with Crippen LogP contribution >= 0.6 is 67.8 Å². The summed E-state index contributed by atoms with van der Waals surface area (Å²) in [7, 11) is -4.39. The summed E-state index contributed by atoms with van der Waals surface area (Å²) in [6.07, 6.45) is 7.71. The summed E-state index contributed by atoms with van der Waals surface area (Å²) < 4.78 is 53.6. The number of rotatable bonds is 9. The van der Waals surface area contributed by atoms with E-state index in [1.54, 1.807) is 18.2 Å². The van der Waals surface area contributed by atoms with Gasteiger partial charge in [-0.05, 0) is 135 Å². The van der Waals surface area contributed by atoms with Crippen molar-refractivity contribution in [3.8, 4) is 11.5 Å². The van der Waals surface area contributed by atoms with E-state index in [1.807, 2.05) is 22.6 Å². The van der Waals surface area contributed by atoms with Crippen molar-refractivity contribution in [1.29, 1.82) is 0 Å². The minimum Gasteiger partial charge on any atom is -0.490 e. The van der Waals surface area contributed by atoms with Crippen LogP contribution in [0.15, 0.2) is 23.1 Å². The predicted octanol–water partition coefficient (Wildman–Crippen LogP) is 7.22. The quantitative estimate of drug-likeness (QED) is 0.0923. The molecule has 0 saturated heterocycles. The van der Waals surface area contributed by atoms with E-state index in [1.165, 1.54) is 6.92 Å². The van der Waals surface area contributed by atoms with Gasteiger partial charge in [0.1, 0.15) is 19.0 Å². The van der Waals surface area contributed by atoms with Gasteiger partial charge in [-0.15, -0.1) is 0 Å². The van der Waals surface area contributed by atoms with Crippen LogP contribution in [0, 0.1) is 10.7 Å². The van der Waals surface area contributed by atoms with Crippen LogP contribution in [0.25, 0.3) is 0 Å². The summed E-state index contributed by atoms with van der Waals surface area (Å²) in [6.45, 7) is 1.36. The molecule has 0 spiro atoms. The largest absolute Gasteiger partial charge is 0.490 e. The fourth-order valence-electron chi connectivity index (χ4n) is 5.41. The highest BCUT2D eigenvalue weighted by molar-refractivity contribution is 14.1. The van der Waals surface area contributed by atoms with Crippen molar-refractivity contribution in [1.82, 2.24) is 0 Å². The van der Waals surface area contributed by atoms with Gasteiger partial charge >= 0.3 is 11.9 Å². The molecule has 2 aromatic rings. The molecular weight excluding hydrogens is 865 g/mol. The van der Waals surface area contributed by atoms with Gasteiger partial charge in [-0.25, -0.2) is 4.79 Å². The first kappa shape index (κ1) is 31.2. The lowest BCUT2D eigenvalue weighted by Crippen LogP contribution is -2.17. The molecule has 2 aliphatic rings. The molecule has 8 nitrogen and oxygen atoms in total. The monoisotopic (exact) mass is 894 g/mol. The zero-order chi connectivity index (χ0) is 28.3. The third-order valence-electron chi connectivity index (χ3n) is 7.16. The SMILES string of the molecule is CC(=O)Oc1c(I)cc(I)c(C(=O)OCCOc2cc(C3CCCC3)c(S(=O)(=O)O)cc2C2CCCC2)c1I. The Morgan fingerprint density at radius 1 is 0.897 bits per heavy atom. The molecule has 0 amide bonds. The van der Waals surface area contributed by atoms with E-state index in [2.05, 4.69) is 45.2 Å². The Balaban J connectivity index is 1.54. The summed E-state index contributed by atoms with van der Waals surface area (Å²) in [4.78, 5) is 24.5. The Morgan fingerprint density at radius 3 is 2.05 bits per heavy atom. The van der Waals surface area contributed by atoms with Crippen molar-refractivity contribution >= 4 is 89.8 Å². The number of hydrogen-bond donors (Lipinski definition) is 1. The van der Waals surface area contributed by atoms with Crippen molar-refractivity contribution < 1.29 is 36.8 Å². The maximum absolute atomic E-state index is 13.0. The Morgan fingerprint density at radius 2 is 1.49 bits per heavy atom. The Kier molecular flexibility index (Phi) is 10.8. The van der Waals surface area contributed by atoms with Gasteiger partial charge in [-0.2, -0.15) is 8.42 Å². The fourth-order valence-corrected chi connectivity index (χ4v) is 10.2. The van der Waals surface area contributed by atoms with E-state index in [9.17, 15) is 22.6 Å². The molecule has 0 atom stereocenters. The molecule has 0 radical (unpaired) electrons. The average molecular weight is 894 g/mol. The van der Waals surface area contributed by atoms with E-state index < -0.39 is 22.1 Å². The fraction of sp³-hybridized carbons (Fsp3) is 0.481. The molecule has 4 rings (SSSR count). The number of halogens is 3. The first-order valence-corrected chi connectivity index (χ1v) is 17.5. The van der Waals surface area contributed by atoms with Crippen molar-refractivity contribution in [2.24, 2.45) is 0 Å². The molecule has 1 N–H and O–H groups in total. The average Bonchev–Trinajstić information content (AvgIpc) is 3.58. The lowest BCUT2D eigenvalue weighted by atomic mass is 9.91. The van der Waals surface area contributed by atoms with E-state index >= 15 is 0 Å². The summed E-state index contributed by atoms with van der Waals surface area (Å²) in [5, 5.41) is 0. The molecule has 0 heterocycles. The van der Waals surface area contributed by atoms with E-state index in [0.29, 0.717) is 33.3 Å². The maximum Gasteiger partial charge on any atom is 0.340 e. The summed E-state index contributed by atoms with van der Waals surface area (Å²) in [5.74, 6) is 0.0811. The normalized spacial score (nSPS) is 16.4. The molecular formula is C27H29I3O8S. The third kappa shape index (κ3) is 7.57. The lowest BCUT2D eigenvalue weighted by Gasteiger charge is -2.22. The van der Waals surface area contributed by atoms with Crippen LogP contribution in [0.4, 0.5) is 0 Å². The summed E-state index contributed by atoms with van der Waals surface area (Å²) in [6, 6.07) is 5.14. The zero-order valence-corrected chi connectivity index (χ0v) is 28.6. The zero-order valence-electron chi connectivity index (χ0n) is 21.3. The Labute approximate surface area is 269 Å². The topological polar surface area (TPSA) is 116 Å². The van der Waals surface area contributed by atoms with Crippen LogP contribution in [0.5, 0.6) is 11.5 Å². The highest BCUT2D eigenvalue weighted by Gasteiger charge is 2.30. The van der Waals surface area contributed by atoms with E-state index in [-0.39, 0.29) is 29.9 Å². The number of ether oxygens (including phenoxy) is 3. The van der Waals surface area contributed by atoms with Crippen LogP contribution in [0.1, 0.15) is 91.6 Å². The lowest BCUT2D eigenvalue weighted by molar-refractivity contribution is -0.132. The number of carbonyl (C=O) groups is 2. The highest BCUT2D eigenvalue weighted by atomic mass is 127. The molecule has 2 fully saturated rings. The highest BCUT2D eigenvalue weighted by Crippen LogP contribution is 2.45. The molecule has 0 unspecified atom stereocenters. The maximum atomic E-state index is 13.0. The van der Waals surface area contributed by atoms with Gasteiger partial charge in [-0.1, -0.05) is 25.7 Å². The second-order valence-corrected chi connectivity index (χ2v) is 14.6. The second kappa shape index (κ2) is 13.5. The van der Waals surface area contributed by atoms with E-state index in [0.717, 1.165) is 56.9 Å². The molecule has 12 heteroatoms. The summed E-state index contributed by atoms with van der Waals surface area (Å²) >= 11 is 6.09. The molecule has 2 aromatic carbocycles. The molecule has 212 valence electrons. The number of hydrogen-bond acceptors (Lipinski definition) is 7.